The Hall–Kier alpha value is -4.60. The van der Waals surface area contributed by atoms with E-state index in [2.05, 4.69) is 38.7 Å². The number of hydrogen-bond donors (Lipinski definition) is 2. The maximum absolute atomic E-state index is 12.9. The van der Waals surface area contributed by atoms with Gasteiger partial charge in [0.05, 0.1) is 38.1 Å². The second-order valence-electron chi connectivity index (χ2n) is 9.15. The predicted octanol–water partition coefficient (Wildman–Crippen LogP) is 3.50. The van der Waals surface area contributed by atoms with Gasteiger partial charge in [-0.05, 0) is 49.1 Å². The number of rotatable bonds is 2. The molecule has 0 radical (unpaired) electrons. The van der Waals surface area contributed by atoms with Crippen molar-refractivity contribution in [2.45, 2.75) is 39.4 Å². The molecule has 1 aliphatic rings. The molecular weight excluding hydrogens is 482 g/mol. The van der Waals surface area contributed by atoms with Gasteiger partial charge in [-0.2, -0.15) is 15.2 Å². The van der Waals surface area contributed by atoms with Crippen molar-refractivity contribution in [1.29, 1.82) is 0 Å². The molecule has 10 heteroatoms. The van der Waals surface area contributed by atoms with Gasteiger partial charge in [-0.3, -0.25) is 14.2 Å². The zero-order chi connectivity index (χ0) is 26.3. The molecule has 38 heavy (non-hydrogen) atoms. The summed E-state index contributed by atoms with van der Waals surface area (Å²) in [5, 5.41) is 11.7. The fourth-order valence-corrected chi connectivity index (χ4v) is 4.28. The number of carbonyl (C=O) groups is 1. The van der Waals surface area contributed by atoms with Crippen LogP contribution in [0.1, 0.15) is 45.5 Å². The first-order valence-corrected chi connectivity index (χ1v) is 12.6. The second-order valence-corrected chi connectivity index (χ2v) is 9.15. The van der Waals surface area contributed by atoms with Crippen molar-refractivity contribution in [1.82, 2.24) is 29.9 Å². The monoisotopic (exact) mass is 513 g/mol. The van der Waals surface area contributed by atoms with Crippen LogP contribution in [-0.4, -0.2) is 43.7 Å². The summed E-state index contributed by atoms with van der Waals surface area (Å²) in [6.07, 6.45) is 12.6. The molecule has 196 valence electrons. The molecule has 0 saturated carbocycles. The van der Waals surface area contributed by atoms with E-state index in [1.54, 1.807) is 29.3 Å². The van der Waals surface area contributed by atoms with E-state index < -0.39 is 0 Å². The van der Waals surface area contributed by atoms with Crippen molar-refractivity contribution in [3.05, 3.63) is 95.1 Å². The van der Waals surface area contributed by atoms with Gasteiger partial charge in [0.25, 0.3) is 5.91 Å². The van der Waals surface area contributed by atoms with Gasteiger partial charge in [-0.25, -0.2) is 0 Å². The summed E-state index contributed by atoms with van der Waals surface area (Å²) >= 11 is 0. The van der Waals surface area contributed by atoms with E-state index in [1.807, 2.05) is 36.0 Å². The average molecular weight is 514 g/mol. The van der Waals surface area contributed by atoms with Gasteiger partial charge in [0, 0.05) is 36.3 Å². The van der Waals surface area contributed by atoms with Crippen molar-refractivity contribution >= 4 is 11.7 Å². The highest BCUT2D eigenvalue weighted by Gasteiger charge is 2.15. The van der Waals surface area contributed by atoms with Gasteiger partial charge in [0.2, 0.25) is 5.88 Å². The summed E-state index contributed by atoms with van der Waals surface area (Å²) in [5.41, 5.74) is 10.2. The van der Waals surface area contributed by atoms with Crippen LogP contribution in [0.25, 0.3) is 0 Å². The second kappa shape index (κ2) is 11.6. The summed E-state index contributed by atoms with van der Waals surface area (Å²) < 4.78 is 15.7. The number of nitrogens with two attached hydrogens (primary N) is 1. The van der Waals surface area contributed by atoms with E-state index in [1.165, 1.54) is 0 Å². The van der Waals surface area contributed by atoms with E-state index in [9.17, 15) is 4.79 Å². The lowest BCUT2D eigenvalue weighted by molar-refractivity contribution is 0.0950. The van der Waals surface area contributed by atoms with Gasteiger partial charge < -0.3 is 20.5 Å². The van der Waals surface area contributed by atoms with Crippen LogP contribution in [0, 0.1) is 6.92 Å². The molecule has 3 N–H and O–H groups in total. The highest BCUT2D eigenvalue weighted by molar-refractivity contribution is 5.93. The van der Waals surface area contributed by atoms with Crippen LogP contribution in [0.5, 0.6) is 11.6 Å². The third-order valence-corrected chi connectivity index (χ3v) is 6.25. The first-order valence-electron chi connectivity index (χ1n) is 12.6. The van der Waals surface area contributed by atoms with Crippen molar-refractivity contribution in [3.8, 4) is 11.6 Å². The molecule has 0 atom stereocenters. The third-order valence-electron chi connectivity index (χ3n) is 6.25. The largest absolute Gasteiger partial charge is 0.493 e. The maximum atomic E-state index is 12.9. The first kappa shape index (κ1) is 25.1. The van der Waals surface area contributed by atoms with Gasteiger partial charge in [0.1, 0.15) is 11.6 Å². The number of carbonyl (C=O) groups excluding carboxylic acids is 1. The minimum absolute atomic E-state index is 0.231. The molecule has 1 aliphatic heterocycles. The Bertz CT molecular complexity index is 1430. The molecule has 5 rings (SSSR count). The van der Waals surface area contributed by atoms with Crippen LogP contribution in [-0.2, 0) is 19.6 Å². The molecule has 0 aliphatic carbocycles. The van der Waals surface area contributed by atoms with Crippen LogP contribution >= 0.6 is 0 Å². The zero-order valence-corrected chi connectivity index (χ0v) is 21.3. The molecule has 3 aromatic heterocycles. The number of nitrogens with zero attached hydrogens (tertiary/aromatic N) is 5. The molecule has 4 heterocycles. The number of nitrogen functional groups attached to an aromatic ring is 1. The molecule has 4 aromatic rings. The zero-order valence-electron chi connectivity index (χ0n) is 21.3. The van der Waals surface area contributed by atoms with E-state index in [0.717, 1.165) is 34.4 Å². The van der Waals surface area contributed by atoms with Gasteiger partial charge in [0.15, 0.2) is 0 Å². The number of pyridine rings is 1. The van der Waals surface area contributed by atoms with Crippen LogP contribution in [0.3, 0.4) is 0 Å². The predicted molar refractivity (Wildman–Crippen MR) is 143 cm³/mol. The summed E-state index contributed by atoms with van der Waals surface area (Å²) in [7, 11) is 0. The number of hydrogen-bond acceptors (Lipinski definition) is 7. The van der Waals surface area contributed by atoms with Crippen LogP contribution < -0.4 is 20.5 Å². The molecule has 0 spiro atoms. The number of fused-ring (bicyclic) bond motifs is 4. The maximum Gasteiger partial charge on any atom is 0.254 e. The van der Waals surface area contributed by atoms with Crippen LogP contribution in [0.4, 0.5) is 5.82 Å². The molecule has 0 unspecified atom stereocenters. The lowest BCUT2D eigenvalue weighted by Gasteiger charge is -2.14. The van der Waals surface area contributed by atoms with Crippen LogP contribution in [0.15, 0.2) is 67.3 Å². The lowest BCUT2D eigenvalue weighted by atomic mass is 10.1. The quantitative estimate of drug-likeness (QED) is 0.394. The number of anilines is 1. The minimum atomic E-state index is -0.231. The van der Waals surface area contributed by atoms with Gasteiger partial charge in [-0.15, -0.1) is 0 Å². The number of aromatic nitrogens is 5. The van der Waals surface area contributed by atoms with Gasteiger partial charge >= 0.3 is 0 Å². The topological polar surface area (TPSA) is 122 Å². The smallest absolute Gasteiger partial charge is 0.254 e. The molecule has 0 saturated heterocycles. The van der Waals surface area contributed by atoms with E-state index in [0.29, 0.717) is 50.0 Å². The number of aryl methyl sites for hydroxylation is 1. The minimum Gasteiger partial charge on any atom is -0.493 e. The summed E-state index contributed by atoms with van der Waals surface area (Å²) in [6.45, 7) is 4.29. The molecule has 1 aromatic carbocycles. The fraction of sp³-hybridized carbons (Fsp3) is 0.286. The van der Waals surface area contributed by atoms with Crippen molar-refractivity contribution in [2.75, 3.05) is 18.9 Å². The Morgan fingerprint density at radius 2 is 1.95 bits per heavy atom. The highest BCUT2D eigenvalue weighted by atomic mass is 16.5. The molecular formula is C28H31N7O3. The van der Waals surface area contributed by atoms with Crippen LogP contribution in [0.2, 0.25) is 0 Å². The average Bonchev–Trinajstić information content (AvgIpc) is 3.58. The lowest BCUT2D eigenvalue weighted by Crippen LogP contribution is -2.23. The SMILES string of the molecule is Cc1cc(N)nc2c1CNC(=O)c1cnn(c1)Cc1ccc(Cn3cccn3)cc1OCC/C=C/CCO2. The Kier molecular flexibility index (Phi) is 7.67. The van der Waals surface area contributed by atoms with Crippen molar-refractivity contribution in [3.63, 3.8) is 0 Å². The highest BCUT2D eigenvalue weighted by Crippen LogP contribution is 2.24. The Morgan fingerprint density at radius 1 is 1.11 bits per heavy atom. The Balaban J connectivity index is 1.38. The Labute approximate surface area is 221 Å². The molecule has 1 amide bonds. The first-order chi connectivity index (χ1) is 18.5. The number of amides is 1. The van der Waals surface area contributed by atoms with E-state index >= 15 is 0 Å². The van der Waals surface area contributed by atoms with E-state index in [-0.39, 0.29) is 12.5 Å². The van der Waals surface area contributed by atoms with Gasteiger partial charge in [-0.1, -0.05) is 24.3 Å². The number of benzene rings is 1. The Morgan fingerprint density at radius 3 is 2.76 bits per heavy atom. The summed E-state index contributed by atoms with van der Waals surface area (Å²) in [6, 6.07) is 9.84. The number of nitrogens with one attached hydrogen (secondary N) is 1. The normalized spacial score (nSPS) is 15.4. The third kappa shape index (κ3) is 6.20. The fourth-order valence-electron chi connectivity index (χ4n) is 4.28. The number of ether oxygens (including phenoxy) is 2. The molecule has 2 bridgehead atoms. The molecule has 10 nitrogen and oxygen atoms in total. The van der Waals surface area contributed by atoms with Crippen molar-refractivity contribution in [2.24, 2.45) is 0 Å². The van der Waals surface area contributed by atoms with E-state index in [4.69, 9.17) is 15.2 Å². The van der Waals surface area contributed by atoms with Crippen molar-refractivity contribution < 1.29 is 14.3 Å². The summed E-state index contributed by atoms with van der Waals surface area (Å²) in [4.78, 5) is 17.3. The molecule has 0 fully saturated rings. The standard InChI is InChI=1S/C28H31N7O3/c1-20-13-26(29)33-28-24(20)16-30-27(36)23-15-32-35(19-23)18-22-8-7-21(17-34-10-6-9-31-34)14-25(22)37-11-4-2-3-5-12-38-28/h2-3,6-10,13-15,19H,4-5,11-12,16-18H2,1H3,(H2,29,33)(H,30,36)/b3-2+. The summed E-state index contributed by atoms with van der Waals surface area (Å²) in [5.74, 6) is 1.38.